The van der Waals surface area contributed by atoms with Gasteiger partial charge in [-0.15, -0.1) is 0 Å². The molecule has 0 aliphatic heterocycles. The van der Waals surface area contributed by atoms with E-state index in [0.29, 0.717) is 12.2 Å². The van der Waals surface area contributed by atoms with Crippen LogP contribution in [0.2, 0.25) is 0 Å². The fourth-order valence-electron chi connectivity index (χ4n) is 1.95. The number of urea groups is 1. The summed E-state index contributed by atoms with van der Waals surface area (Å²) in [6.45, 7) is 2.82. The van der Waals surface area contributed by atoms with Gasteiger partial charge in [0.15, 0.2) is 0 Å². The predicted molar refractivity (Wildman–Crippen MR) is 80.2 cm³/mol. The van der Waals surface area contributed by atoms with Crippen LogP contribution in [0.5, 0.6) is 5.75 Å². The molecule has 2 amide bonds. The molecule has 5 nitrogen and oxygen atoms in total. The Hall–Kier alpha value is -1.82. The van der Waals surface area contributed by atoms with Gasteiger partial charge in [-0.2, -0.15) is 0 Å². The molecule has 118 valence electrons. The number of hydrogen-bond acceptors (Lipinski definition) is 3. The molecule has 6 heteroatoms. The fourth-order valence-corrected chi connectivity index (χ4v) is 1.95. The highest BCUT2D eigenvalue weighted by molar-refractivity contribution is 5.91. The molecule has 0 atom stereocenters. The summed E-state index contributed by atoms with van der Waals surface area (Å²) in [4.78, 5) is 13.7. The molecule has 0 aliphatic rings. The van der Waals surface area contributed by atoms with Crippen molar-refractivity contribution in [3.8, 4) is 5.75 Å². The number of rotatable bonds is 8. The molecule has 1 aromatic carbocycles. The number of methoxy groups -OCH3 is 1. The average molecular weight is 298 g/mol. The SMILES string of the molecule is CCCCCN(CCO)C(=O)Nc1ccc(F)cc1OC. The minimum absolute atomic E-state index is 0.0971. The molecule has 0 aromatic heterocycles. The number of nitrogens with one attached hydrogen (secondary N) is 1. The maximum atomic E-state index is 13.1. The second kappa shape index (κ2) is 9.18. The molecule has 0 fully saturated rings. The number of halogens is 1. The molecular weight excluding hydrogens is 275 g/mol. The monoisotopic (exact) mass is 298 g/mol. The van der Waals surface area contributed by atoms with Crippen molar-refractivity contribution >= 4 is 11.7 Å². The van der Waals surface area contributed by atoms with Gasteiger partial charge in [0.1, 0.15) is 11.6 Å². The van der Waals surface area contributed by atoms with E-state index in [2.05, 4.69) is 12.2 Å². The second-order valence-electron chi connectivity index (χ2n) is 4.69. The molecule has 0 aliphatic carbocycles. The number of anilines is 1. The lowest BCUT2D eigenvalue weighted by molar-refractivity contribution is 0.187. The quantitative estimate of drug-likeness (QED) is 0.725. The van der Waals surface area contributed by atoms with Gasteiger partial charge >= 0.3 is 6.03 Å². The Morgan fingerprint density at radius 1 is 1.38 bits per heavy atom. The zero-order valence-electron chi connectivity index (χ0n) is 12.6. The standard InChI is InChI=1S/C15H23FN2O3/c1-3-4-5-8-18(9-10-19)15(20)17-13-7-6-12(16)11-14(13)21-2/h6-7,11,19H,3-5,8-10H2,1-2H3,(H,17,20). The first-order chi connectivity index (χ1) is 10.1. The van der Waals surface area contributed by atoms with Gasteiger partial charge in [-0.05, 0) is 18.6 Å². The number of hydrogen-bond donors (Lipinski definition) is 2. The van der Waals surface area contributed by atoms with Crippen LogP contribution in [0.25, 0.3) is 0 Å². The van der Waals surface area contributed by atoms with Crippen LogP contribution in [-0.4, -0.2) is 42.8 Å². The lowest BCUT2D eigenvalue weighted by Gasteiger charge is -2.22. The van der Waals surface area contributed by atoms with E-state index >= 15 is 0 Å². The van der Waals surface area contributed by atoms with Gasteiger partial charge in [-0.1, -0.05) is 19.8 Å². The van der Waals surface area contributed by atoms with Crippen LogP contribution in [0.3, 0.4) is 0 Å². The largest absolute Gasteiger partial charge is 0.494 e. The molecule has 0 saturated carbocycles. The summed E-state index contributed by atoms with van der Waals surface area (Å²) >= 11 is 0. The summed E-state index contributed by atoms with van der Waals surface area (Å²) in [5, 5.41) is 11.7. The van der Waals surface area contributed by atoms with Gasteiger partial charge in [0, 0.05) is 19.2 Å². The zero-order chi connectivity index (χ0) is 15.7. The Morgan fingerprint density at radius 3 is 2.76 bits per heavy atom. The highest BCUT2D eigenvalue weighted by Crippen LogP contribution is 2.25. The highest BCUT2D eigenvalue weighted by atomic mass is 19.1. The van der Waals surface area contributed by atoms with Crippen molar-refractivity contribution in [1.29, 1.82) is 0 Å². The van der Waals surface area contributed by atoms with Crippen molar-refractivity contribution in [2.45, 2.75) is 26.2 Å². The maximum absolute atomic E-state index is 13.1. The molecule has 0 radical (unpaired) electrons. The number of benzene rings is 1. The van der Waals surface area contributed by atoms with Crippen molar-refractivity contribution in [3.63, 3.8) is 0 Å². The van der Waals surface area contributed by atoms with Gasteiger partial charge in [0.05, 0.1) is 19.4 Å². The molecule has 0 saturated heterocycles. The lowest BCUT2D eigenvalue weighted by Crippen LogP contribution is -2.37. The molecular formula is C15H23FN2O3. The number of carbonyl (C=O) groups is 1. The number of carbonyl (C=O) groups excluding carboxylic acids is 1. The van der Waals surface area contributed by atoms with Crippen molar-refractivity contribution in [1.82, 2.24) is 4.90 Å². The summed E-state index contributed by atoms with van der Waals surface area (Å²) in [7, 11) is 1.41. The van der Waals surface area contributed by atoms with Gasteiger partial charge in [0.2, 0.25) is 0 Å². The van der Waals surface area contributed by atoms with E-state index in [0.717, 1.165) is 19.3 Å². The number of aliphatic hydroxyl groups excluding tert-OH is 1. The zero-order valence-corrected chi connectivity index (χ0v) is 12.6. The first-order valence-corrected chi connectivity index (χ1v) is 7.12. The van der Waals surface area contributed by atoms with Crippen LogP contribution in [-0.2, 0) is 0 Å². The summed E-state index contributed by atoms with van der Waals surface area (Å²) < 4.78 is 18.2. The Kier molecular flexibility index (Phi) is 7.53. The van der Waals surface area contributed by atoms with E-state index in [1.54, 1.807) is 4.90 Å². The minimum atomic E-state index is -0.431. The van der Waals surface area contributed by atoms with Crippen molar-refractivity contribution in [3.05, 3.63) is 24.0 Å². The Balaban J connectivity index is 2.71. The van der Waals surface area contributed by atoms with E-state index in [1.165, 1.54) is 25.3 Å². The maximum Gasteiger partial charge on any atom is 0.322 e. The minimum Gasteiger partial charge on any atom is -0.494 e. The van der Waals surface area contributed by atoms with E-state index in [9.17, 15) is 9.18 Å². The number of nitrogens with zero attached hydrogens (tertiary/aromatic N) is 1. The van der Waals surface area contributed by atoms with E-state index < -0.39 is 5.82 Å². The summed E-state index contributed by atoms with van der Waals surface area (Å²) in [5.41, 5.74) is 0.405. The van der Waals surface area contributed by atoms with E-state index in [1.807, 2.05) is 0 Å². The van der Waals surface area contributed by atoms with Crippen molar-refractivity contribution < 1.29 is 19.0 Å². The Bertz CT molecular complexity index is 455. The number of unbranched alkanes of at least 4 members (excludes halogenated alkanes) is 2. The van der Waals surface area contributed by atoms with Crippen LogP contribution < -0.4 is 10.1 Å². The van der Waals surface area contributed by atoms with Gasteiger partial charge in [-0.25, -0.2) is 9.18 Å². The molecule has 0 unspecified atom stereocenters. The highest BCUT2D eigenvalue weighted by Gasteiger charge is 2.15. The average Bonchev–Trinajstić information content (AvgIpc) is 2.48. The lowest BCUT2D eigenvalue weighted by atomic mass is 10.2. The molecule has 0 heterocycles. The summed E-state index contributed by atoms with van der Waals surface area (Å²) in [6.07, 6.45) is 2.96. The smallest absolute Gasteiger partial charge is 0.322 e. The molecule has 21 heavy (non-hydrogen) atoms. The van der Waals surface area contributed by atoms with Crippen LogP contribution in [0, 0.1) is 5.82 Å². The molecule has 0 spiro atoms. The van der Waals surface area contributed by atoms with Crippen LogP contribution >= 0.6 is 0 Å². The summed E-state index contributed by atoms with van der Waals surface area (Å²) in [6, 6.07) is 3.59. The van der Waals surface area contributed by atoms with Crippen LogP contribution in [0.15, 0.2) is 18.2 Å². The second-order valence-corrected chi connectivity index (χ2v) is 4.69. The van der Waals surface area contributed by atoms with Crippen LogP contribution in [0.4, 0.5) is 14.9 Å². The topological polar surface area (TPSA) is 61.8 Å². The molecule has 0 bridgehead atoms. The third-order valence-electron chi connectivity index (χ3n) is 3.09. The fraction of sp³-hybridized carbons (Fsp3) is 0.533. The third-order valence-corrected chi connectivity index (χ3v) is 3.09. The van der Waals surface area contributed by atoms with Crippen molar-refractivity contribution in [2.75, 3.05) is 32.1 Å². The molecule has 2 N–H and O–H groups in total. The normalized spacial score (nSPS) is 10.3. The van der Waals surface area contributed by atoms with Gasteiger partial charge in [-0.3, -0.25) is 0 Å². The Labute approximate surface area is 124 Å². The van der Waals surface area contributed by atoms with Gasteiger partial charge < -0.3 is 20.1 Å². The Morgan fingerprint density at radius 2 is 2.14 bits per heavy atom. The van der Waals surface area contributed by atoms with E-state index in [4.69, 9.17) is 9.84 Å². The van der Waals surface area contributed by atoms with Crippen molar-refractivity contribution in [2.24, 2.45) is 0 Å². The van der Waals surface area contributed by atoms with E-state index in [-0.39, 0.29) is 24.9 Å². The van der Waals surface area contributed by atoms with Gasteiger partial charge in [0.25, 0.3) is 0 Å². The first-order valence-electron chi connectivity index (χ1n) is 7.12. The molecule has 1 aromatic rings. The summed E-state index contributed by atoms with van der Waals surface area (Å²) in [5.74, 6) is -0.166. The van der Waals surface area contributed by atoms with Crippen LogP contribution in [0.1, 0.15) is 26.2 Å². The number of amides is 2. The number of ether oxygens (including phenoxy) is 1. The number of aliphatic hydroxyl groups is 1. The first kappa shape index (κ1) is 17.2. The molecule has 1 rings (SSSR count). The third kappa shape index (κ3) is 5.59. The predicted octanol–water partition coefficient (Wildman–Crippen LogP) is 2.85.